The van der Waals surface area contributed by atoms with Gasteiger partial charge in [-0.2, -0.15) is 0 Å². The van der Waals surface area contributed by atoms with Crippen LogP contribution >= 0.6 is 11.3 Å². The maximum Gasteiger partial charge on any atom is 0.335 e. The molecular formula is C24H30N2O4S. The molecule has 1 unspecified atom stereocenters. The van der Waals surface area contributed by atoms with Gasteiger partial charge in [0.05, 0.1) is 17.7 Å². The molecule has 5 rings (SSSR count). The van der Waals surface area contributed by atoms with Crippen LogP contribution in [-0.4, -0.2) is 29.9 Å². The molecule has 1 atom stereocenters. The van der Waals surface area contributed by atoms with E-state index in [0.717, 1.165) is 67.6 Å². The Balaban J connectivity index is 1.29. The van der Waals surface area contributed by atoms with E-state index in [9.17, 15) is 14.4 Å². The molecule has 0 saturated heterocycles. The number of carbonyl (C=O) groups is 3. The molecule has 166 valence electrons. The van der Waals surface area contributed by atoms with Crippen LogP contribution in [0.25, 0.3) is 0 Å². The normalized spacial score (nSPS) is 23.0. The molecule has 2 saturated carbocycles. The van der Waals surface area contributed by atoms with Gasteiger partial charge < -0.3 is 10.2 Å². The first kappa shape index (κ1) is 20.9. The van der Waals surface area contributed by atoms with E-state index in [1.54, 1.807) is 11.3 Å². The summed E-state index contributed by atoms with van der Waals surface area (Å²) in [5.41, 5.74) is 2.96. The lowest BCUT2D eigenvalue weighted by Crippen LogP contribution is -2.28. The second kappa shape index (κ2) is 8.85. The zero-order valence-corrected chi connectivity index (χ0v) is 18.7. The number of carbonyl (C=O) groups excluding carboxylic acids is 3. The van der Waals surface area contributed by atoms with Gasteiger partial charge in [0.15, 0.2) is 0 Å². The lowest BCUT2D eigenvalue weighted by atomic mass is 9.82. The highest BCUT2D eigenvalue weighted by molar-refractivity contribution is 7.12. The number of ketones is 1. The molecule has 2 heterocycles. The lowest BCUT2D eigenvalue weighted by Gasteiger charge is -2.23. The van der Waals surface area contributed by atoms with Gasteiger partial charge in [-0.05, 0) is 81.6 Å². The van der Waals surface area contributed by atoms with Crippen LogP contribution in [0.2, 0.25) is 0 Å². The predicted molar refractivity (Wildman–Crippen MR) is 118 cm³/mol. The number of oxime groups is 1. The molecule has 31 heavy (non-hydrogen) atoms. The highest BCUT2D eigenvalue weighted by Crippen LogP contribution is 2.40. The lowest BCUT2D eigenvalue weighted by molar-refractivity contribution is -0.144. The third-order valence-electron chi connectivity index (χ3n) is 7.01. The summed E-state index contributed by atoms with van der Waals surface area (Å²) in [6.45, 7) is 0.751. The van der Waals surface area contributed by atoms with Gasteiger partial charge in [0.2, 0.25) is 0 Å². The first-order valence-electron chi connectivity index (χ1n) is 11.8. The van der Waals surface area contributed by atoms with Gasteiger partial charge in [0.25, 0.3) is 5.91 Å². The van der Waals surface area contributed by atoms with Crippen molar-refractivity contribution in [1.82, 2.24) is 5.32 Å². The number of fused-ring (bicyclic) bond motifs is 1. The number of amides is 1. The molecule has 0 bridgehead atoms. The number of thiophene rings is 1. The van der Waals surface area contributed by atoms with E-state index in [4.69, 9.17) is 4.84 Å². The van der Waals surface area contributed by atoms with Gasteiger partial charge in [-0.25, -0.2) is 4.79 Å². The number of Topliss-reactive ketones (excluding diaryl/α,β-unsaturated/α-hetero) is 1. The van der Waals surface area contributed by atoms with Crippen LogP contribution in [0, 0.1) is 17.8 Å². The van der Waals surface area contributed by atoms with Crippen molar-refractivity contribution in [3.05, 3.63) is 20.9 Å². The topological polar surface area (TPSA) is 84.8 Å². The van der Waals surface area contributed by atoms with Crippen molar-refractivity contribution in [2.75, 3.05) is 6.54 Å². The zero-order valence-electron chi connectivity index (χ0n) is 17.9. The standard InChI is InChI=1S/C24H30N2O4S/c27-19(16-5-6-16)12-21-23(24(29)25-13-15-1-2-15)18-11-14(4-9-20(18)31-21)3-7-17-8-10-22(28)30-26-17/h14-16H,1-13H2,(H,25,29). The first-order chi connectivity index (χ1) is 15.1. The summed E-state index contributed by atoms with van der Waals surface area (Å²) in [4.78, 5) is 44.0. The smallest absolute Gasteiger partial charge is 0.335 e. The largest absolute Gasteiger partial charge is 0.352 e. The Kier molecular flexibility index (Phi) is 5.95. The minimum Gasteiger partial charge on any atom is -0.352 e. The molecule has 1 aromatic heterocycles. The maximum atomic E-state index is 13.2. The Hall–Kier alpha value is -2.02. The summed E-state index contributed by atoms with van der Waals surface area (Å²) >= 11 is 1.70. The Morgan fingerprint density at radius 2 is 1.90 bits per heavy atom. The van der Waals surface area contributed by atoms with Crippen molar-refractivity contribution in [3.63, 3.8) is 0 Å². The summed E-state index contributed by atoms with van der Waals surface area (Å²) in [7, 11) is 0. The molecule has 1 N–H and O–H groups in total. The van der Waals surface area contributed by atoms with Crippen molar-refractivity contribution >= 4 is 34.7 Å². The molecule has 3 aliphatic carbocycles. The minimum atomic E-state index is -0.251. The SMILES string of the molecule is O=C1CCC(CCC2CCc3sc(CC(=O)C4CC4)c(C(=O)NCC4CC4)c3C2)=NO1. The van der Waals surface area contributed by atoms with Crippen LogP contribution in [0.4, 0.5) is 0 Å². The number of rotatable bonds is 9. The third-order valence-corrected chi connectivity index (χ3v) is 8.31. The van der Waals surface area contributed by atoms with Crippen LogP contribution in [0.5, 0.6) is 0 Å². The maximum absolute atomic E-state index is 13.2. The van der Waals surface area contributed by atoms with Crippen LogP contribution in [0.15, 0.2) is 5.16 Å². The van der Waals surface area contributed by atoms with E-state index >= 15 is 0 Å². The van der Waals surface area contributed by atoms with Crippen LogP contribution < -0.4 is 5.32 Å². The van der Waals surface area contributed by atoms with Crippen molar-refractivity contribution < 1.29 is 19.2 Å². The quantitative estimate of drug-likeness (QED) is 0.586. The average molecular weight is 443 g/mol. The summed E-state index contributed by atoms with van der Waals surface area (Å²) in [6, 6.07) is 0. The van der Waals surface area contributed by atoms with Crippen molar-refractivity contribution in [1.29, 1.82) is 0 Å². The molecule has 1 aliphatic heterocycles. The van der Waals surface area contributed by atoms with Crippen molar-refractivity contribution in [2.24, 2.45) is 22.9 Å². The summed E-state index contributed by atoms with van der Waals surface area (Å²) in [5.74, 6) is 1.42. The number of hydrogen-bond donors (Lipinski definition) is 1. The second-order valence-corrected chi connectivity index (χ2v) is 10.8. The number of nitrogens with one attached hydrogen (secondary N) is 1. The predicted octanol–water partition coefficient (Wildman–Crippen LogP) is 3.99. The molecule has 2 fully saturated rings. The Labute approximate surface area is 186 Å². The Morgan fingerprint density at radius 1 is 1.06 bits per heavy atom. The fraction of sp³-hybridized carbons (Fsp3) is 0.667. The second-order valence-electron chi connectivity index (χ2n) is 9.64. The molecular weight excluding hydrogens is 412 g/mol. The van der Waals surface area contributed by atoms with Gasteiger partial charge in [-0.15, -0.1) is 11.3 Å². The van der Waals surface area contributed by atoms with E-state index in [1.165, 1.54) is 23.3 Å². The molecule has 1 aromatic rings. The minimum absolute atomic E-state index is 0.0206. The molecule has 4 aliphatic rings. The van der Waals surface area contributed by atoms with E-state index < -0.39 is 0 Å². The van der Waals surface area contributed by atoms with Gasteiger partial charge in [-0.3, -0.25) is 9.59 Å². The number of nitrogens with zero attached hydrogens (tertiary/aromatic N) is 1. The fourth-order valence-corrected chi connectivity index (χ4v) is 6.06. The summed E-state index contributed by atoms with van der Waals surface area (Å²) in [6.07, 6.45) is 10.8. The van der Waals surface area contributed by atoms with E-state index in [2.05, 4.69) is 10.5 Å². The molecule has 0 aromatic carbocycles. The molecule has 0 spiro atoms. The van der Waals surface area contributed by atoms with E-state index in [0.29, 0.717) is 36.9 Å². The van der Waals surface area contributed by atoms with Gasteiger partial charge in [0.1, 0.15) is 5.78 Å². The highest BCUT2D eigenvalue weighted by atomic mass is 32.1. The van der Waals surface area contributed by atoms with Gasteiger partial charge >= 0.3 is 5.97 Å². The zero-order chi connectivity index (χ0) is 21.4. The Bertz CT molecular complexity index is 926. The molecule has 6 nitrogen and oxygen atoms in total. The first-order valence-corrected chi connectivity index (χ1v) is 12.6. The number of aryl methyl sites for hydroxylation is 1. The van der Waals surface area contributed by atoms with Crippen molar-refractivity contribution in [3.8, 4) is 0 Å². The molecule has 7 heteroatoms. The monoisotopic (exact) mass is 442 g/mol. The fourth-order valence-electron chi connectivity index (χ4n) is 4.70. The van der Waals surface area contributed by atoms with E-state index in [1.807, 2.05) is 0 Å². The Morgan fingerprint density at radius 3 is 2.61 bits per heavy atom. The highest BCUT2D eigenvalue weighted by Gasteiger charge is 2.34. The average Bonchev–Trinajstić information content (AvgIpc) is 3.68. The van der Waals surface area contributed by atoms with Gasteiger partial charge in [0, 0.05) is 28.6 Å². The third kappa shape index (κ3) is 5.08. The summed E-state index contributed by atoms with van der Waals surface area (Å²) in [5, 5.41) is 7.11. The van der Waals surface area contributed by atoms with Gasteiger partial charge in [-0.1, -0.05) is 5.16 Å². The van der Waals surface area contributed by atoms with Crippen LogP contribution in [0.1, 0.15) is 83.5 Å². The van der Waals surface area contributed by atoms with Crippen LogP contribution in [-0.2, 0) is 33.7 Å². The van der Waals surface area contributed by atoms with Crippen LogP contribution in [0.3, 0.4) is 0 Å². The summed E-state index contributed by atoms with van der Waals surface area (Å²) < 4.78 is 0. The number of hydrogen-bond acceptors (Lipinski definition) is 6. The molecule has 1 amide bonds. The molecule has 0 radical (unpaired) electrons. The van der Waals surface area contributed by atoms with Crippen molar-refractivity contribution in [2.45, 2.75) is 77.0 Å². The van der Waals surface area contributed by atoms with E-state index in [-0.39, 0.29) is 17.8 Å².